The molecule has 0 aliphatic rings. The standard InChI is InChI=1S/C32H67NO7.C18H30O3S/c1-8-34-30(35-9-2,32(33,39-13-6)40-14-7)28-26-24-22-20-18-16-15-17-19-21-23-25-27-29-31(36-10-3,37-11-4)38-12-5;1-2-3-4-5-6-7-8-9-10-14-17-21-22(19,20)18-15-12-11-13-16-18/h8-29,33H2,1-7H3;11-13,15-16H,2-10,14,17H2,1H3. The number of hydrogen-bond donors (Lipinski definition) is 1. The van der Waals surface area contributed by atoms with Crippen molar-refractivity contribution in [3.05, 3.63) is 30.3 Å². The molecule has 2 N–H and O–H groups in total. The van der Waals surface area contributed by atoms with Crippen molar-refractivity contribution in [2.45, 2.75) is 238 Å². The molecule has 0 aromatic heterocycles. The molecule has 12 heteroatoms. The first-order valence-electron chi connectivity index (χ1n) is 25.3. The zero-order valence-corrected chi connectivity index (χ0v) is 42.1. The summed E-state index contributed by atoms with van der Waals surface area (Å²) in [4.78, 5) is 0.238. The quantitative estimate of drug-likeness (QED) is 0.0381. The first kappa shape index (κ1) is 60.8. The highest BCUT2D eigenvalue weighted by molar-refractivity contribution is 7.86. The molecular weight excluding hydrogens is 807 g/mol. The molecule has 0 aliphatic carbocycles. The molecule has 0 saturated heterocycles. The second-order valence-corrected chi connectivity index (χ2v) is 17.6. The van der Waals surface area contributed by atoms with Crippen LogP contribution in [0.4, 0.5) is 0 Å². The van der Waals surface area contributed by atoms with E-state index in [1.807, 2.05) is 48.5 Å². The molecule has 1 aromatic rings. The normalized spacial score (nSPS) is 12.5. The van der Waals surface area contributed by atoms with Gasteiger partial charge in [-0.3, -0.25) is 9.92 Å². The van der Waals surface area contributed by atoms with Crippen molar-refractivity contribution in [3.63, 3.8) is 0 Å². The Bertz CT molecular complexity index is 1180. The van der Waals surface area contributed by atoms with Gasteiger partial charge in [-0.1, -0.05) is 154 Å². The van der Waals surface area contributed by atoms with Gasteiger partial charge in [0, 0.05) is 59.1 Å². The van der Waals surface area contributed by atoms with Gasteiger partial charge in [0.15, 0.2) is 0 Å². The van der Waals surface area contributed by atoms with Gasteiger partial charge in [0.1, 0.15) is 0 Å². The Morgan fingerprint density at radius 3 is 1.13 bits per heavy atom. The lowest BCUT2D eigenvalue weighted by Gasteiger charge is -2.45. The van der Waals surface area contributed by atoms with Crippen LogP contribution in [-0.4, -0.2) is 78.9 Å². The average Bonchev–Trinajstić information content (AvgIpc) is 3.25. The fourth-order valence-corrected chi connectivity index (χ4v) is 8.74. The summed E-state index contributed by atoms with van der Waals surface area (Å²) in [5, 5.41) is 0. The van der Waals surface area contributed by atoms with Gasteiger partial charge in [0.2, 0.25) is 5.79 Å². The third-order valence-electron chi connectivity index (χ3n) is 10.9. The van der Waals surface area contributed by atoms with Crippen molar-refractivity contribution < 1.29 is 45.8 Å². The minimum absolute atomic E-state index is 0.238. The van der Waals surface area contributed by atoms with E-state index in [1.54, 1.807) is 30.3 Å². The molecule has 62 heavy (non-hydrogen) atoms. The Kier molecular flexibility index (Phi) is 39.3. The maximum absolute atomic E-state index is 11.9. The zero-order chi connectivity index (χ0) is 46.1. The van der Waals surface area contributed by atoms with E-state index in [0.29, 0.717) is 52.7 Å². The molecule has 1 rings (SSSR count). The summed E-state index contributed by atoms with van der Waals surface area (Å²) in [6.07, 6.45) is 29.7. The van der Waals surface area contributed by atoms with E-state index in [-0.39, 0.29) is 11.5 Å². The van der Waals surface area contributed by atoms with Crippen LogP contribution in [0.5, 0.6) is 0 Å². The topological polar surface area (TPSA) is 134 Å². The Morgan fingerprint density at radius 2 is 0.758 bits per heavy atom. The second kappa shape index (κ2) is 40.1. The molecule has 11 nitrogen and oxygen atoms in total. The van der Waals surface area contributed by atoms with Crippen molar-refractivity contribution in [3.8, 4) is 0 Å². The molecule has 0 unspecified atom stereocenters. The lowest BCUT2D eigenvalue weighted by Crippen LogP contribution is -2.66. The Hall–Kier alpha value is -1.19. The van der Waals surface area contributed by atoms with Crippen LogP contribution in [-0.2, 0) is 47.5 Å². The van der Waals surface area contributed by atoms with Gasteiger partial charge in [0.05, 0.1) is 11.5 Å². The van der Waals surface area contributed by atoms with E-state index in [2.05, 4.69) is 6.92 Å². The summed E-state index contributed by atoms with van der Waals surface area (Å²) in [5.74, 6) is -3.36. The maximum atomic E-state index is 11.9. The predicted octanol–water partition coefficient (Wildman–Crippen LogP) is 13.4. The summed E-state index contributed by atoms with van der Waals surface area (Å²) in [7, 11) is -3.57. The number of rotatable bonds is 44. The van der Waals surface area contributed by atoms with Crippen LogP contribution in [0, 0.1) is 0 Å². The lowest BCUT2D eigenvalue weighted by molar-refractivity contribution is -0.408. The van der Waals surface area contributed by atoms with E-state index in [0.717, 1.165) is 38.5 Å². The van der Waals surface area contributed by atoms with Gasteiger partial charge < -0.3 is 33.2 Å². The van der Waals surface area contributed by atoms with Crippen molar-refractivity contribution in [1.82, 2.24) is 0 Å². The molecular formula is C50H97NO10S. The third-order valence-corrected chi connectivity index (χ3v) is 12.2. The highest BCUT2D eigenvalue weighted by atomic mass is 32.2. The van der Waals surface area contributed by atoms with Gasteiger partial charge in [-0.25, -0.2) is 0 Å². The third kappa shape index (κ3) is 28.0. The first-order valence-corrected chi connectivity index (χ1v) is 26.7. The molecule has 1 aromatic carbocycles. The predicted molar refractivity (Wildman–Crippen MR) is 254 cm³/mol. The Morgan fingerprint density at radius 1 is 0.419 bits per heavy atom. The molecule has 0 atom stereocenters. The van der Waals surface area contributed by atoms with Crippen molar-refractivity contribution >= 4 is 10.1 Å². The highest BCUT2D eigenvalue weighted by Gasteiger charge is 2.53. The molecule has 0 bridgehead atoms. The van der Waals surface area contributed by atoms with Crippen molar-refractivity contribution in [1.29, 1.82) is 0 Å². The van der Waals surface area contributed by atoms with Crippen LogP contribution in [0.3, 0.4) is 0 Å². The summed E-state index contributed by atoms with van der Waals surface area (Å²) in [6.45, 7) is 19.8. The minimum atomic E-state index is -3.57. The smallest absolute Gasteiger partial charge is 0.296 e. The number of nitrogens with two attached hydrogens (primary N) is 1. The molecule has 0 spiro atoms. The number of hydrogen-bond acceptors (Lipinski definition) is 11. The summed E-state index contributed by atoms with van der Waals surface area (Å²) < 4.78 is 70.1. The highest BCUT2D eigenvalue weighted by Crippen LogP contribution is 2.34. The Labute approximate surface area is 382 Å². The zero-order valence-electron chi connectivity index (χ0n) is 41.3. The van der Waals surface area contributed by atoms with E-state index in [9.17, 15) is 8.42 Å². The molecule has 0 radical (unpaired) electrons. The molecule has 0 aliphatic heterocycles. The van der Waals surface area contributed by atoms with Gasteiger partial charge in [-0.2, -0.15) is 8.42 Å². The average molecular weight is 904 g/mol. The van der Waals surface area contributed by atoms with E-state index >= 15 is 0 Å². The molecule has 368 valence electrons. The SMILES string of the molecule is CCCCCCCCCCCCOS(=O)(=O)c1ccccc1.CCOC(CCCCCCCCCCCCCCCC(OCC)(OCC)C(N)(OCC)OCC)(OCC)OCC. The van der Waals surface area contributed by atoms with Crippen LogP contribution < -0.4 is 5.73 Å². The van der Waals surface area contributed by atoms with Crippen LogP contribution in [0.2, 0.25) is 0 Å². The Balaban J connectivity index is 0.00000142. The number of ether oxygens (including phenoxy) is 7. The van der Waals surface area contributed by atoms with Gasteiger partial charge in [-0.15, -0.1) is 0 Å². The van der Waals surface area contributed by atoms with Crippen LogP contribution >= 0.6 is 0 Å². The molecule has 0 fully saturated rings. The fraction of sp³-hybridized carbons (Fsp3) is 0.880. The fourth-order valence-electron chi connectivity index (χ4n) is 7.78. The van der Waals surface area contributed by atoms with Crippen molar-refractivity contribution in [2.75, 3.05) is 52.9 Å². The van der Waals surface area contributed by atoms with Gasteiger partial charge in [-0.05, 0) is 79.9 Å². The van der Waals surface area contributed by atoms with Gasteiger partial charge >= 0.3 is 0 Å². The number of unbranched alkanes of at least 4 members (excludes halogenated alkanes) is 21. The lowest BCUT2D eigenvalue weighted by atomic mass is 10.0. The van der Waals surface area contributed by atoms with Crippen LogP contribution in [0.15, 0.2) is 35.2 Å². The minimum Gasteiger partial charge on any atom is -0.344 e. The molecule has 0 saturated carbocycles. The molecule has 0 heterocycles. The number of benzene rings is 1. The summed E-state index contributed by atoms with van der Waals surface area (Å²) in [5.41, 5.74) is 6.57. The summed E-state index contributed by atoms with van der Waals surface area (Å²) in [6, 6.07) is 8.33. The van der Waals surface area contributed by atoms with Crippen LogP contribution in [0.25, 0.3) is 0 Å². The van der Waals surface area contributed by atoms with Crippen LogP contribution in [0.1, 0.15) is 216 Å². The van der Waals surface area contributed by atoms with E-state index in [4.69, 9.17) is 43.1 Å². The first-order chi connectivity index (χ1) is 30.0. The summed E-state index contributed by atoms with van der Waals surface area (Å²) >= 11 is 0. The van der Waals surface area contributed by atoms with E-state index < -0.39 is 27.8 Å². The monoisotopic (exact) mass is 904 g/mol. The molecule has 0 amide bonds. The maximum Gasteiger partial charge on any atom is 0.296 e. The largest absolute Gasteiger partial charge is 0.344 e. The van der Waals surface area contributed by atoms with Gasteiger partial charge in [0.25, 0.3) is 22.0 Å². The van der Waals surface area contributed by atoms with Crippen molar-refractivity contribution in [2.24, 2.45) is 5.73 Å². The van der Waals surface area contributed by atoms with E-state index in [1.165, 1.54) is 116 Å². The second-order valence-electron chi connectivity index (χ2n) is 16.0.